The third kappa shape index (κ3) is 2.97. The molecule has 0 aromatic heterocycles. The molecule has 0 bridgehead atoms. The normalized spacial score (nSPS) is 19.6. The van der Waals surface area contributed by atoms with E-state index in [9.17, 15) is 4.79 Å². The van der Waals surface area contributed by atoms with Crippen molar-refractivity contribution in [3.05, 3.63) is 11.1 Å². The predicted molar refractivity (Wildman–Crippen MR) is 60.2 cm³/mol. The van der Waals surface area contributed by atoms with E-state index in [1.165, 1.54) is 44.1 Å². The fourth-order valence-electron chi connectivity index (χ4n) is 2.33. The Kier molecular flexibility index (Phi) is 4.92. The van der Waals surface area contributed by atoms with Gasteiger partial charge in [-0.05, 0) is 43.6 Å². The van der Waals surface area contributed by atoms with Gasteiger partial charge in [0.25, 0.3) is 0 Å². The molecule has 0 aromatic carbocycles. The van der Waals surface area contributed by atoms with E-state index < -0.39 is 0 Å². The highest BCUT2D eigenvalue weighted by molar-refractivity contribution is 5.75. The summed E-state index contributed by atoms with van der Waals surface area (Å²) in [6.07, 6.45) is 9.57. The summed E-state index contributed by atoms with van der Waals surface area (Å²) in [6.45, 7) is 4.50. The van der Waals surface area contributed by atoms with Crippen molar-refractivity contribution in [2.75, 3.05) is 0 Å². The Hall–Kier alpha value is -0.590. The summed E-state index contributed by atoms with van der Waals surface area (Å²) in [6, 6.07) is 0. The van der Waals surface area contributed by atoms with Crippen LogP contribution in [-0.2, 0) is 4.79 Å². The molecule has 0 spiro atoms. The van der Waals surface area contributed by atoms with Crippen LogP contribution >= 0.6 is 0 Å². The first-order valence-electron chi connectivity index (χ1n) is 5.96. The molecule has 0 radical (unpaired) electrons. The van der Waals surface area contributed by atoms with Crippen molar-refractivity contribution in [2.45, 2.75) is 58.8 Å². The molecule has 1 heteroatoms. The molecule has 0 fully saturated rings. The summed E-state index contributed by atoms with van der Waals surface area (Å²) in [7, 11) is 0. The van der Waals surface area contributed by atoms with Gasteiger partial charge in [0, 0.05) is 0 Å². The molecule has 1 atom stereocenters. The van der Waals surface area contributed by atoms with Gasteiger partial charge in [-0.15, -0.1) is 0 Å². The molecule has 80 valence electrons. The molecule has 0 amide bonds. The van der Waals surface area contributed by atoms with Gasteiger partial charge in [-0.3, -0.25) is 4.79 Å². The smallest absolute Gasteiger partial charge is 0.145 e. The van der Waals surface area contributed by atoms with Gasteiger partial charge in [-0.25, -0.2) is 0 Å². The first-order valence-corrected chi connectivity index (χ1v) is 5.96. The van der Waals surface area contributed by atoms with E-state index in [0.29, 0.717) is 5.92 Å². The zero-order valence-corrected chi connectivity index (χ0v) is 9.51. The molecule has 1 aliphatic rings. The number of aldehydes is 1. The molecule has 1 rings (SSSR count). The van der Waals surface area contributed by atoms with E-state index in [1.807, 2.05) is 0 Å². The fraction of sp³-hybridized carbons (Fsp3) is 0.769. The molecular formula is C13H22O. The Bertz CT molecular complexity index is 215. The minimum atomic E-state index is 0.635. The van der Waals surface area contributed by atoms with E-state index in [0.717, 1.165) is 18.3 Å². The zero-order valence-electron chi connectivity index (χ0n) is 9.51. The summed E-state index contributed by atoms with van der Waals surface area (Å²) in [5.74, 6) is 0.635. The van der Waals surface area contributed by atoms with Crippen LogP contribution in [0.3, 0.4) is 0 Å². The molecule has 1 aliphatic carbocycles. The predicted octanol–water partition coefficient (Wildman–Crippen LogP) is 3.88. The third-order valence-electron chi connectivity index (χ3n) is 3.28. The molecule has 0 aliphatic heterocycles. The van der Waals surface area contributed by atoms with E-state index >= 15 is 0 Å². The third-order valence-corrected chi connectivity index (χ3v) is 3.28. The summed E-state index contributed by atoms with van der Waals surface area (Å²) in [4.78, 5) is 10.9. The Morgan fingerprint density at radius 1 is 1.36 bits per heavy atom. The molecule has 1 nitrogen and oxygen atoms in total. The first-order chi connectivity index (χ1) is 6.79. The highest BCUT2D eigenvalue weighted by Crippen LogP contribution is 2.31. The number of rotatable bonds is 5. The standard InChI is InChI=1S/C13H22O/c1-3-4-7-11(2)13-9-6-5-8-12(13)10-14/h10-11H,3-9H2,1-2H3. The number of hydrogen-bond acceptors (Lipinski definition) is 1. The van der Waals surface area contributed by atoms with Crippen LogP contribution in [0.5, 0.6) is 0 Å². The van der Waals surface area contributed by atoms with Gasteiger partial charge in [-0.2, -0.15) is 0 Å². The van der Waals surface area contributed by atoms with Crippen molar-refractivity contribution in [3.63, 3.8) is 0 Å². The van der Waals surface area contributed by atoms with Crippen LogP contribution < -0.4 is 0 Å². The number of hydrogen-bond donors (Lipinski definition) is 0. The van der Waals surface area contributed by atoms with Gasteiger partial charge in [0.15, 0.2) is 0 Å². The molecule has 0 aromatic rings. The Balaban J connectivity index is 2.61. The van der Waals surface area contributed by atoms with Crippen LogP contribution in [0, 0.1) is 5.92 Å². The van der Waals surface area contributed by atoms with Gasteiger partial charge in [0.2, 0.25) is 0 Å². The van der Waals surface area contributed by atoms with Gasteiger partial charge in [0.05, 0.1) is 0 Å². The molecule has 14 heavy (non-hydrogen) atoms. The topological polar surface area (TPSA) is 17.1 Å². The molecule has 1 unspecified atom stereocenters. The van der Waals surface area contributed by atoms with E-state index in [2.05, 4.69) is 13.8 Å². The number of carbonyl (C=O) groups is 1. The number of unbranched alkanes of at least 4 members (excludes halogenated alkanes) is 1. The Labute approximate surface area is 87.6 Å². The maximum Gasteiger partial charge on any atom is 0.145 e. The van der Waals surface area contributed by atoms with Crippen LogP contribution in [0.2, 0.25) is 0 Å². The Morgan fingerprint density at radius 3 is 2.71 bits per heavy atom. The maximum atomic E-state index is 10.9. The average Bonchev–Trinajstić information content (AvgIpc) is 2.25. The van der Waals surface area contributed by atoms with Crippen molar-refractivity contribution in [2.24, 2.45) is 5.92 Å². The highest BCUT2D eigenvalue weighted by Gasteiger charge is 2.16. The highest BCUT2D eigenvalue weighted by atomic mass is 16.1. The molecule has 0 heterocycles. The van der Waals surface area contributed by atoms with E-state index in [1.54, 1.807) is 0 Å². The number of carbonyl (C=O) groups excluding carboxylic acids is 1. The van der Waals surface area contributed by atoms with Crippen molar-refractivity contribution in [3.8, 4) is 0 Å². The zero-order chi connectivity index (χ0) is 10.4. The lowest BCUT2D eigenvalue weighted by atomic mass is 9.83. The van der Waals surface area contributed by atoms with Crippen LogP contribution in [-0.4, -0.2) is 6.29 Å². The maximum absolute atomic E-state index is 10.9. The SMILES string of the molecule is CCCCC(C)C1=C(C=O)CCCC1. The van der Waals surface area contributed by atoms with E-state index in [4.69, 9.17) is 0 Å². The largest absolute Gasteiger partial charge is 0.298 e. The summed E-state index contributed by atoms with van der Waals surface area (Å²) in [5.41, 5.74) is 2.57. The van der Waals surface area contributed by atoms with Gasteiger partial charge < -0.3 is 0 Å². The average molecular weight is 194 g/mol. The van der Waals surface area contributed by atoms with Crippen molar-refractivity contribution in [1.29, 1.82) is 0 Å². The number of allylic oxidation sites excluding steroid dienone is 2. The summed E-state index contributed by atoms with van der Waals surface area (Å²) >= 11 is 0. The van der Waals surface area contributed by atoms with Crippen LogP contribution in [0.1, 0.15) is 58.8 Å². The minimum Gasteiger partial charge on any atom is -0.298 e. The van der Waals surface area contributed by atoms with Crippen molar-refractivity contribution in [1.82, 2.24) is 0 Å². The Morgan fingerprint density at radius 2 is 2.07 bits per heavy atom. The minimum absolute atomic E-state index is 0.635. The monoisotopic (exact) mass is 194 g/mol. The molecule has 0 saturated carbocycles. The molecule has 0 N–H and O–H groups in total. The van der Waals surface area contributed by atoms with Crippen molar-refractivity contribution >= 4 is 6.29 Å². The first kappa shape index (κ1) is 11.5. The van der Waals surface area contributed by atoms with Crippen LogP contribution in [0.25, 0.3) is 0 Å². The van der Waals surface area contributed by atoms with Crippen LogP contribution in [0.15, 0.2) is 11.1 Å². The quantitative estimate of drug-likeness (QED) is 0.607. The van der Waals surface area contributed by atoms with Crippen molar-refractivity contribution < 1.29 is 4.79 Å². The van der Waals surface area contributed by atoms with Gasteiger partial charge in [0.1, 0.15) is 6.29 Å². The lowest BCUT2D eigenvalue weighted by Gasteiger charge is -2.22. The van der Waals surface area contributed by atoms with Gasteiger partial charge >= 0.3 is 0 Å². The lowest BCUT2D eigenvalue weighted by molar-refractivity contribution is -0.105. The second-order valence-corrected chi connectivity index (χ2v) is 4.42. The second kappa shape index (κ2) is 6.00. The van der Waals surface area contributed by atoms with E-state index in [-0.39, 0.29) is 0 Å². The fourth-order valence-corrected chi connectivity index (χ4v) is 2.33. The molecule has 0 saturated heterocycles. The van der Waals surface area contributed by atoms with Gasteiger partial charge in [-0.1, -0.05) is 32.3 Å². The summed E-state index contributed by atoms with van der Waals surface area (Å²) in [5, 5.41) is 0. The lowest BCUT2D eigenvalue weighted by Crippen LogP contribution is -2.08. The van der Waals surface area contributed by atoms with Crippen LogP contribution in [0.4, 0.5) is 0 Å². The molecular weight excluding hydrogens is 172 g/mol. The second-order valence-electron chi connectivity index (χ2n) is 4.42. The summed E-state index contributed by atoms with van der Waals surface area (Å²) < 4.78 is 0.